The lowest BCUT2D eigenvalue weighted by atomic mass is 10.1. The van der Waals surface area contributed by atoms with Crippen molar-refractivity contribution >= 4 is 15.9 Å². The second-order valence-corrected chi connectivity index (χ2v) is 7.12. The fraction of sp³-hybridized carbons (Fsp3) is 0.533. The van der Waals surface area contributed by atoms with Gasteiger partial charge < -0.3 is 5.32 Å². The summed E-state index contributed by atoms with van der Waals surface area (Å²) in [6.07, 6.45) is 1.73. The number of hydrogen-bond donors (Lipinski definition) is 2. The first-order valence-electron chi connectivity index (χ1n) is 7.20. The maximum Gasteiger partial charge on any atom is 0.241 e. The van der Waals surface area contributed by atoms with E-state index in [1.54, 1.807) is 24.3 Å². The molecule has 0 radical (unpaired) electrons. The van der Waals surface area contributed by atoms with Gasteiger partial charge in [0.15, 0.2) is 0 Å². The van der Waals surface area contributed by atoms with Crippen molar-refractivity contribution in [2.45, 2.75) is 38.5 Å². The van der Waals surface area contributed by atoms with Gasteiger partial charge in [0, 0.05) is 6.54 Å². The zero-order valence-electron chi connectivity index (χ0n) is 12.8. The third kappa shape index (κ3) is 6.27. The molecule has 0 aliphatic carbocycles. The van der Waals surface area contributed by atoms with Crippen LogP contribution in [0.3, 0.4) is 0 Å². The third-order valence-corrected chi connectivity index (χ3v) is 4.53. The van der Waals surface area contributed by atoms with Crippen molar-refractivity contribution in [1.82, 2.24) is 10.0 Å². The number of carbonyl (C=O) groups is 1. The number of carbonyl (C=O) groups excluding carboxylic acids is 1. The van der Waals surface area contributed by atoms with Gasteiger partial charge in [-0.05, 0) is 36.5 Å². The Balaban J connectivity index is 2.50. The number of hydrogen-bond acceptors (Lipinski definition) is 3. The van der Waals surface area contributed by atoms with Crippen LogP contribution in [-0.4, -0.2) is 27.4 Å². The van der Waals surface area contributed by atoms with Gasteiger partial charge in [0.2, 0.25) is 15.9 Å². The first-order chi connectivity index (χ1) is 9.85. The van der Waals surface area contributed by atoms with Crippen molar-refractivity contribution in [2.24, 2.45) is 5.92 Å². The minimum atomic E-state index is -3.63. The van der Waals surface area contributed by atoms with Gasteiger partial charge in [0.05, 0.1) is 11.4 Å². The van der Waals surface area contributed by atoms with Crippen molar-refractivity contribution in [3.63, 3.8) is 0 Å². The summed E-state index contributed by atoms with van der Waals surface area (Å²) in [5.74, 6) is 0.184. The summed E-state index contributed by atoms with van der Waals surface area (Å²) in [4.78, 5) is 11.7. The van der Waals surface area contributed by atoms with Crippen LogP contribution in [-0.2, 0) is 21.2 Å². The third-order valence-electron chi connectivity index (χ3n) is 3.11. The van der Waals surface area contributed by atoms with E-state index in [9.17, 15) is 13.2 Å². The molecule has 0 saturated carbocycles. The lowest BCUT2D eigenvalue weighted by Gasteiger charge is -2.09. The SMILES string of the molecule is CCc1ccc(S(=O)(=O)NCC(=O)NCCC(C)C)cc1. The standard InChI is InChI=1S/C15H24N2O3S/c1-4-13-5-7-14(8-6-13)21(19,20)17-11-15(18)16-10-9-12(2)3/h5-8,12,17H,4,9-11H2,1-3H3,(H,16,18). The zero-order chi connectivity index (χ0) is 15.9. The Labute approximate surface area is 127 Å². The van der Waals surface area contributed by atoms with Crippen molar-refractivity contribution in [2.75, 3.05) is 13.1 Å². The van der Waals surface area contributed by atoms with Gasteiger partial charge in [0.1, 0.15) is 0 Å². The predicted molar refractivity (Wildman–Crippen MR) is 83.5 cm³/mol. The van der Waals surface area contributed by atoms with Crippen LogP contribution in [0.25, 0.3) is 0 Å². The van der Waals surface area contributed by atoms with Gasteiger partial charge in [-0.25, -0.2) is 13.1 Å². The highest BCUT2D eigenvalue weighted by atomic mass is 32.2. The van der Waals surface area contributed by atoms with Crippen LogP contribution in [0, 0.1) is 5.92 Å². The number of aryl methyl sites for hydroxylation is 1. The van der Waals surface area contributed by atoms with Gasteiger partial charge in [-0.15, -0.1) is 0 Å². The molecule has 1 amide bonds. The van der Waals surface area contributed by atoms with Crippen molar-refractivity contribution in [1.29, 1.82) is 0 Å². The summed E-state index contributed by atoms with van der Waals surface area (Å²) in [5.41, 5.74) is 1.07. The average molecular weight is 312 g/mol. The predicted octanol–water partition coefficient (Wildman–Crippen LogP) is 1.69. The monoisotopic (exact) mass is 312 g/mol. The van der Waals surface area contributed by atoms with E-state index in [2.05, 4.69) is 23.9 Å². The molecular weight excluding hydrogens is 288 g/mol. The molecule has 118 valence electrons. The van der Waals surface area contributed by atoms with Gasteiger partial charge in [-0.3, -0.25) is 4.79 Å². The quantitative estimate of drug-likeness (QED) is 0.767. The minimum absolute atomic E-state index is 0.176. The highest BCUT2D eigenvalue weighted by molar-refractivity contribution is 7.89. The summed E-state index contributed by atoms with van der Waals surface area (Å²) >= 11 is 0. The molecule has 0 bridgehead atoms. The van der Waals surface area contributed by atoms with Crippen molar-refractivity contribution < 1.29 is 13.2 Å². The van der Waals surface area contributed by atoms with Gasteiger partial charge >= 0.3 is 0 Å². The van der Waals surface area contributed by atoms with E-state index >= 15 is 0 Å². The molecule has 0 atom stereocenters. The fourth-order valence-electron chi connectivity index (χ4n) is 1.71. The van der Waals surface area contributed by atoms with Gasteiger partial charge in [-0.2, -0.15) is 0 Å². The van der Waals surface area contributed by atoms with Gasteiger partial charge in [0.25, 0.3) is 0 Å². The maximum absolute atomic E-state index is 12.0. The maximum atomic E-state index is 12.0. The average Bonchev–Trinajstić information content (AvgIpc) is 2.45. The molecule has 0 saturated heterocycles. The fourth-order valence-corrected chi connectivity index (χ4v) is 2.69. The minimum Gasteiger partial charge on any atom is -0.355 e. The molecule has 2 N–H and O–H groups in total. The Bertz CT molecular complexity index is 551. The first-order valence-corrected chi connectivity index (χ1v) is 8.68. The highest BCUT2D eigenvalue weighted by Crippen LogP contribution is 2.10. The molecule has 0 fully saturated rings. The number of nitrogens with one attached hydrogen (secondary N) is 2. The van der Waals surface area contributed by atoms with E-state index < -0.39 is 10.0 Å². The molecule has 1 aromatic carbocycles. The zero-order valence-corrected chi connectivity index (χ0v) is 13.7. The molecule has 0 heterocycles. The summed E-state index contributed by atoms with van der Waals surface area (Å²) in [5, 5.41) is 2.69. The van der Waals surface area contributed by atoms with E-state index in [1.807, 2.05) is 6.92 Å². The van der Waals surface area contributed by atoms with Crippen molar-refractivity contribution in [3.8, 4) is 0 Å². The molecule has 6 heteroatoms. The van der Waals surface area contributed by atoms with Crippen LogP contribution in [0.1, 0.15) is 32.8 Å². The normalized spacial score (nSPS) is 11.6. The van der Waals surface area contributed by atoms with Gasteiger partial charge in [-0.1, -0.05) is 32.9 Å². The lowest BCUT2D eigenvalue weighted by Crippen LogP contribution is -2.37. The van der Waals surface area contributed by atoms with E-state index in [0.717, 1.165) is 18.4 Å². The Hall–Kier alpha value is -1.40. The van der Waals surface area contributed by atoms with Crippen LogP contribution >= 0.6 is 0 Å². The lowest BCUT2D eigenvalue weighted by molar-refractivity contribution is -0.119. The first kappa shape index (κ1) is 17.7. The number of sulfonamides is 1. The summed E-state index contributed by atoms with van der Waals surface area (Å²) in [6, 6.07) is 6.66. The molecular formula is C15H24N2O3S. The topological polar surface area (TPSA) is 75.3 Å². The van der Waals surface area contributed by atoms with Crippen LogP contribution < -0.4 is 10.0 Å². The summed E-state index contributed by atoms with van der Waals surface area (Å²) in [6.45, 7) is 6.45. The van der Waals surface area contributed by atoms with Crippen LogP contribution in [0.4, 0.5) is 0 Å². The molecule has 5 nitrogen and oxygen atoms in total. The summed E-state index contributed by atoms with van der Waals surface area (Å²) < 4.78 is 26.4. The molecule has 0 unspecified atom stereocenters. The van der Waals surface area contributed by atoms with E-state index in [0.29, 0.717) is 12.5 Å². The second-order valence-electron chi connectivity index (χ2n) is 5.35. The smallest absolute Gasteiger partial charge is 0.241 e. The summed E-state index contributed by atoms with van der Waals surface area (Å²) in [7, 11) is -3.63. The Morgan fingerprint density at radius 2 is 1.81 bits per heavy atom. The number of benzene rings is 1. The molecule has 0 aliphatic heterocycles. The van der Waals surface area contributed by atoms with E-state index in [1.165, 1.54) is 0 Å². The Kier molecular flexibility index (Phi) is 6.84. The number of amides is 1. The molecule has 0 aromatic heterocycles. The molecule has 0 spiro atoms. The number of rotatable bonds is 8. The van der Waals surface area contributed by atoms with E-state index in [4.69, 9.17) is 0 Å². The largest absolute Gasteiger partial charge is 0.355 e. The van der Waals surface area contributed by atoms with Crippen LogP contribution in [0.5, 0.6) is 0 Å². The molecule has 1 rings (SSSR count). The molecule has 1 aromatic rings. The molecule has 21 heavy (non-hydrogen) atoms. The highest BCUT2D eigenvalue weighted by Gasteiger charge is 2.15. The van der Waals surface area contributed by atoms with Crippen molar-refractivity contribution in [3.05, 3.63) is 29.8 Å². The molecule has 0 aliphatic rings. The Morgan fingerprint density at radius 3 is 2.33 bits per heavy atom. The van der Waals surface area contributed by atoms with Crippen LogP contribution in [0.15, 0.2) is 29.2 Å². The Morgan fingerprint density at radius 1 is 1.19 bits per heavy atom. The van der Waals surface area contributed by atoms with E-state index in [-0.39, 0.29) is 17.3 Å². The second kappa shape index (κ2) is 8.14. The van der Waals surface area contributed by atoms with Crippen LogP contribution in [0.2, 0.25) is 0 Å².